The number of carbonyl (C=O) groups excluding carboxylic acids is 1. The van der Waals surface area contributed by atoms with Crippen LogP contribution in [0.2, 0.25) is 0 Å². The van der Waals surface area contributed by atoms with Gasteiger partial charge in [-0.1, -0.05) is 30.3 Å². The van der Waals surface area contributed by atoms with E-state index >= 15 is 0 Å². The van der Waals surface area contributed by atoms with E-state index in [1.807, 2.05) is 49.4 Å². The second-order valence-corrected chi connectivity index (χ2v) is 7.11. The monoisotopic (exact) mass is 389 g/mol. The molecule has 5 N–H and O–H groups in total. The van der Waals surface area contributed by atoms with E-state index in [1.54, 1.807) is 0 Å². The number of nitrogens with zero attached hydrogens (tertiary/aromatic N) is 3. The highest BCUT2D eigenvalue weighted by Crippen LogP contribution is 2.39. The molecule has 0 saturated heterocycles. The summed E-state index contributed by atoms with van der Waals surface area (Å²) < 4.78 is 0. The summed E-state index contributed by atoms with van der Waals surface area (Å²) in [7, 11) is 0. The molecule has 8 nitrogen and oxygen atoms in total. The molecular formula is C21H23N7O. The fourth-order valence-electron chi connectivity index (χ4n) is 2.95. The Hall–Kier alpha value is -3.68. The number of H-pyrrole nitrogens is 1. The molecule has 3 aromatic rings. The number of aryl methyl sites for hydroxylation is 1. The lowest BCUT2D eigenvalue weighted by molar-refractivity contribution is -0.113. The maximum Gasteiger partial charge on any atom is 0.225 e. The van der Waals surface area contributed by atoms with Gasteiger partial charge in [0.05, 0.1) is 6.54 Å². The quantitative estimate of drug-likeness (QED) is 0.437. The highest BCUT2D eigenvalue weighted by Gasteiger charge is 2.25. The van der Waals surface area contributed by atoms with Gasteiger partial charge in [0.15, 0.2) is 11.6 Å². The molecule has 148 valence electrons. The Morgan fingerprint density at radius 1 is 1.21 bits per heavy atom. The van der Waals surface area contributed by atoms with Crippen molar-refractivity contribution < 1.29 is 4.79 Å². The normalized spacial score (nSPS) is 13.9. The molecule has 0 unspecified atom stereocenters. The lowest BCUT2D eigenvalue weighted by Gasteiger charge is -2.08. The number of ketones is 1. The van der Waals surface area contributed by atoms with Gasteiger partial charge in [0.25, 0.3) is 0 Å². The van der Waals surface area contributed by atoms with E-state index in [2.05, 4.69) is 30.8 Å². The first-order valence-corrected chi connectivity index (χ1v) is 9.54. The number of benzene rings is 1. The number of hydrogen-bond acceptors (Lipinski definition) is 7. The average Bonchev–Trinajstić information content (AvgIpc) is 3.46. The Morgan fingerprint density at radius 2 is 2.00 bits per heavy atom. The summed E-state index contributed by atoms with van der Waals surface area (Å²) in [6, 6.07) is 13.2. The molecule has 0 aliphatic heterocycles. The molecule has 2 heterocycles. The Labute approximate surface area is 168 Å². The van der Waals surface area contributed by atoms with Crippen molar-refractivity contribution in [2.75, 3.05) is 17.2 Å². The molecule has 1 saturated carbocycles. The first-order valence-electron chi connectivity index (χ1n) is 9.54. The third-order valence-corrected chi connectivity index (χ3v) is 4.57. The van der Waals surface area contributed by atoms with Gasteiger partial charge in [0.1, 0.15) is 5.82 Å². The zero-order valence-corrected chi connectivity index (χ0v) is 16.1. The molecule has 1 aromatic carbocycles. The van der Waals surface area contributed by atoms with Crippen LogP contribution < -0.4 is 16.4 Å². The Kier molecular flexibility index (Phi) is 5.24. The molecule has 1 fully saturated rings. The van der Waals surface area contributed by atoms with Crippen LogP contribution in [0.1, 0.15) is 35.7 Å². The Balaban J connectivity index is 1.38. The summed E-state index contributed by atoms with van der Waals surface area (Å²) in [6.45, 7) is 1.91. The van der Waals surface area contributed by atoms with E-state index < -0.39 is 0 Å². The van der Waals surface area contributed by atoms with Gasteiger partial charge >= 0.3 is 0 Å². The fourth-order valence-corrected chi connectivity index (χ4v) is 2.95. The third-order valence-electron chi connectivity index (χ3n) is 4.57. The van der Waals surface area contributed by atoms with Crippen LogP contribution in [0.25, 0.3) is 5.70 Å². The number of carbonyl (C=O) groups is 1. The summed E-state index contributed by atoms with van der Waals surface area (Å²) in [5.41, 5.74) is 9.14. The van der Waals surface area contributed by atoms with Crippen LogP contribution in [0.3, 0.4) is 0 Å². The second kappa shape index (κ2) is 8.14. The summed E-state index contributed by atoms with van der Waals surface area (Å²) in [5.74, 6) is 2.13. The lowest BCUT2D eigenvalue weighted by atomic mass is 10.1. The maximum atomic E-state index is 12.2. The van der Waals surface area contributed by atoms with Crippen LogP contribution >= 0.6 is 0 Å². The van der Waals surface area contributed by atoms with Crippen molar-refractivity contribution in [2.24, 2.45) is 5.73 Å². The van der Waals surface area contributed by atoms with Crippen LogP contribution in [0.5, 0.6) is 0 Å². The van der Waals surface area contributed by atoms with Crippen LogP contribution in [0.4, 0.5) is 17.6 Å². The lowest BCUT2D eigenvalue weighted by Crippen LogP contribution is -2.15. The highest BCUT2D eigenvalue weighted by atomic mass is 16.1. The third kappa shape index (κ3) is 4.98. The first kappa shape index (κ1) is 18.7. The van der Waals surface area contributed by atoms with Gasteiger partial charge in [-0.2, -0.15) is 10.1 Å². The number of aromatic amines is 1. The van der Waals surface area contributed by atoms with Gasteiger partial charge in [-0.3, -0.25) is 9.89 Å². The minimum atomic E-state index is -0.160. The van der Waals surface area contributed by atoms with E-state index in [0.717, 1.165) is 17.0 Å². The zero-order valence-electron chi connectivity index (χ0n) is 16.1. The number of aromatic nitrogens is 4. The van der Waals surface area contributed by atoms with Crippen LogP contribution in [-0.4, -0.2) is 32.5 Å². The summed E-state index contributed by atoms with van der Waals surface area (Å²) >= 11 is 0. The number of nitrogens with two attached hydrogens (primary N) is 1. The van der Waals surface area contributed by atoms with Crippen molar-refractivity contribution >= 4 is 29.1 Å². The topological polar surface area (TPSA) is 122 Å². The predicted molar refractivity (Wildman–Crippen MR) is 113 cm³/mol. The smallest absolute Gasteiger partial charge is 0.225 e. The molecule has 4 rings (SSSR count). The van der Waals surface area contributed by atoms with Gasteiger partial charge in [0.2, 0.25) is 5.95 Å². The minimum absolute atomic E-state index is 0.0463. The van der Waals surface area contributed by atoms with Crippen molar-refractivity contribution in [3.63, 3.8) is 0 Å². The molecule has 0 bridgehead atoms. The Bertz CT molecular complexity index is 1040. The zero-order chi connectivity index (χ0) is 20.2. The van der Waals surface area contributed by atoms with Gasteiger partial charge < -0.3 is 16.4 Å². The summed E-state index contributed by atoms with van der Waals surface area (Å²) in [6.07, 6.45) is 3.83. The van der Waals surface area contributed by atoms with Crippen molar-refractivity contribution in [1.82, 2.24) is 20.2 Å². The molecule has 29 heavy (non-hydrogen) atoms. The van der Waals surface area contributed by atoms with Crippen molar-refractivity contribution in [3.05, 3.63) is 65.5 Å². The predicted octanol–water partition coefficient (Wildman–Crippen LogP) is 3.11. The number of rotatable bonds is 8. The van der Waals surface area contributed by atoms with Gasteiger partial charge in [-0.25, -0.2) is 4.98 Å². The number of nitrogens with one attached hydrogen (secondary N) is 3. The second-order valence-electron chi connectivity index (χ2n) is 7.11. The van der Waals surface area contributed by atoms with E-state index in [1.165, 1.54) is 18.9 Å². The highest BCUT2D eigenvalue weighted by molar-refractivity contribution is 5.98. The van der Waals surface area contributed by atoms with Gasteiger partial charge in [0, 0.05) is 41.2 Å². The molecule has 0 amide bonds. The van der Waals surface area contributed by atoms with Crippen LogP contribution in [0.15, 0.2) is 48.5 Å². The largest absolute Gasteiger partial charge is 0.398 e. The Morgan fingerprint density at radius 3 is 2.76 bits per heavy atom. The van der Waals surface area contributed by atoms with Crippen molar-refractivity contribution in [1.29, 1.82) is 0 Å². The molecule has 0 atom stereocenters. The minimum Gasteiger partial charge on any atom is -0.398 e. The summed E-state index contributed by atoms with van der Waals surface area (Å²) in [5, 5.41) is 13.5. The molecule has 8 heteroatoms. The average molecular weight is 389 g/mol. The molecule has 1 aliphatic rings. The van der Waals surface area contributed by atoms with Crippen molar-refractivity contribution in [2.45, 2.75) is 25.7 Å². The molecule has 0 radical (unpaired) electrons. The molecular weight excluding hydrogens is 366 g/mol. The van der Waals surface area contributed by atoms with E-state index in [4.69, 9.17) is 5.73 Å². The van der Waals surface area contributed by atoms with E-state index in [9.17, 15) is 4.79 Å². The number of hydrogen-bond donors (Lipinski definition) is 4. The summed E-state index contributed by atoms with van der Waals surface area (Å²) in [4.78, 5) is 21.0. The van der Waals surface area contributed by atoms with Crippen molar-refractivity contribution in [3.8, 4) is 0 Å². The van der Waals surface area contributed by atoms with E-state index in [0.29, 0.717) is 29.2 Å². The molecule has 2 aromatic heterocycles. The molecule has 0 spiro atoms. The maximum absolute atomic E-state index is 12.2. The first-order chi connectivity index (χ1) is 14.1. The van der Waals surface area contributed by atoms with E-state index in [-0.39, 0.29) is 12.3 Å². The SMILES string of the molecule is Cc1cc(Nc2cc(C3CC3)[nH]n2)nc(NCC(=O)/C=C(\N)c2ccccc2)n1. The fraction of sp³-hybridized carbons (Fsp3) is 0.238. The standard InChI is InChI=1S/C21H23N7O/c1-13-9-19(25-20-11-18(27-28-20)15-7-8-15)26-21(24-13)23-12-16(29)10-17(22)14-5-3-2-4-6-14/h2-6,9-11,15H,7-8,12,22H2,1H3,(H3,23,24,25,26,27,28)/b17-10-. The van der Waals surface area contributed by atoms with Crippen LogP contribution in [-0.2, 0) is 4.79 Å². The van der Waals surface area contributed by atoms with Gasteiger partial charge in [-0.15, -0.1) is 0 Å². The van der Waals surface area contributed by atoms with Gasteiger partial charge in [-0.05, 0) is 25.3 Å². The number of anilines is 3. The molecule has 1 aliphatic carbocycles. The van der Waals surface area contributed by atoms with Crippen LogP contribution in [0, 0.1) is 6.92 Å².